The zero-order valence-electron chi connectivity index (χ0n) is 13.7. The third-order valence-electron chi connectivity index (χ3n) is 5.49. The predicted octanol–water partition coefficient (Wildman–Crippen LogP) is 3.85. The fourth-order valence-electron chi connectivity index (χ4n) is 3.99. The smallest absolute Gasteiger partial charge is 0.255 e. The van der Waals surface area contributed by atoms with Crippen LogP contribution in [0.5, 0.6) is 0 Å². The molecule has 1 aromatic carbocycles. The first kappa shape index (κ1) is 15.9. The molecule has 134 valence electrons. The molecule has 26 heavy (non-hydrogen) atoms. The molecule has 0 N–H and O–H groups in total. The molecule has 2 aromatic heterocycles. The van der Waals surface area contributed by atoms with Gasteiger partial charge in [-0.05, 0) is 18.3 Å². The van der Waals surface area contributed by atoms with Gasteiger partial charge in [0.15, 0.2) is 0 Å². The Kier molecular flexibility index (Phi) is 3.11. The first-order valence-electron chi connectivity index (χ1n) is 8.20. The van der Waals surface area contributed by atoms with E-state index in [2.05, 4.69) is 22.0 Å². The van der Waals surface area contributed by atoms with Crippen molar-refractivity contribution in [2.45, 2.75) is 25.8 Å². The van der Waals surface area contributed by atoms with Crippen molar-refractivity contribution in [3.8, 4) is 11.1 Å². The van der Waals surface area contributed by atoms with Crippen LogP contribution in [0.1, 0.15) is 19.8 Å². The fourth-order valence-corrected chi connectivity index (χ4v) is 4.24. The van der Waals surface area contributed by atoms with Gasteiger partial charge in [0.2, 0.25) is 0 Å². The molecule has 0 bridgehead atoms. The number of anilines is 1. The van der Waals surface area contributed by atoms with Crippen molar-refractivity contribution in [1.82, 2.24) is 19.6 Å². The maximum Gasteiger partial charge on any atom is 0.255 e. The lowest BCUT2D eigenvalue weighted by Crippen LogP contribution is -2.26. The van der Waals surface area contributed by atoms with Gasteiger partial charge < -0.3 is 4.90 Å². The molecule has 1 saturated heterocycles. The minimum Gasteiger partial charge on any atom is -0.352 e. The fraction of sp³-hybridized carbons (Fsp3) is 0.353. The Bertz CT molecular complexity index is 1040. The second kappa shape index (κ2) is 5.09. The van der Waals surface area contributed by atoms with Crippen LogP contribution in [0.15, 0.2) is 18.5 Å². The zero-order valence-corrected chi connectivity index (χ0v) is 14.4. The van der Waals surface area contributed by atoms with Crippen molar-refractivity contribution in [2.24, 2.45) is 5.41 Å². The Morgan fingerprint density at radius 3 is 2.54 bits per heavy atom. The van der Waals surface area contributed by atoms with Crippen molar-refractivity contribution >= 4 is 23.2 Å². The van der Waals surface area contributed by atoms with E-state index in [1.165, 1.54) is 10.8 Å². The lowest BCUT2D eigenvalue weighted by molar-refractivity contribution is 0.547. The molecule has 1 aliphatic heterocycles. The molecule has 2 atom stereocenters. The van der Waals surface area contributed by atoms with Crippen LogP contribution in [0, 0.1) is 22.9 Å². The zero-order chi connectivity index (χ0) is 18.2. The van der Waals surface area contributed by atoms with Crippen LogP contribution in [-0.2, 0) is 0 Å². The van der Waals surface area contributed by atoms with Crippen LogP contribution in [0.4, 0.5) is 19.0 Å². The van der Waals surface area contributed by atoms with Gasteiger partial charge in [0, 0.05) is 24.7 Å². The number of rotatable bonds is 2. The summed E-state index contributed by atoms with van der Waals surface area (Å²) in [5.41, 5.74) is -0.166. The summed E-state index contributed by atoms with van der Waals surface area (Å²) < 4.78 is 43.9. The molecule has 2 fully saturated rings. The van der Waals surface area contributed by atoms with E-state index in [9.17, 15) is 13.2 Å². The van der Waals surface area contributed by atoms with Gasteiger partial charge in [-0.1, -0.05) is 18.5 Å². The van der Waals surface area contributed by atoms with Crippen LogP contribution in [0.25, 0.3) is 16.9 Å². The quantitative estimate of drug-likeness (QED) is 0.634. The van der Waals surface area contributed by atoms with Crippen molar-refractivity contribution in [1.29, 1.82) is 0 Å². The molecule has 0 amide bonds. The molecule has 2 unspecified atom stereocenters. The summed E-state index contributed by atoms with van der Waals surface area (Å²) in [4.78, 5) is 10.2. The third kappa shape index (κ3) is 2.08. The standard InChI is InChI=1S/C17H13ClF3N5/c1-17-2-3-25(11(17)6-17)15-13(12-9(20)4-8(19)5-10(12)21)14(18)24-16-22-7-23-26(15)16/h4-5,7,11H,2-3,6H2,1H3. The van der Waals surface area contributed by atoms with Gasteiger partial charge in [-0.15, -0.1) is 0 Å². The highest BCUT2D eigenvalue weighted by atomic mass is 35.5. The molecular formula is C17H13ClF3N5. The number of halogens is 4. The van der Waals surface area contributed by atoms with Crippen LogP contribution >= 0.6 is 11.6 Å². The molecular weight excluding hydrogens is 367 g/mol. The highest BCUT2D eigenvalue weighted by Crippen LogP contribution is 2.58. The van der Waals surface area contributed by atoms with Crippen LogP contribution in [0.3, 0.4) is 0 Å². The van der Waals surface area contributed by atoms with E-state index in [1.54, 1.807) is 0 Å². The van der Waals surface area contributed by atoms with Gasteiger partial charge in [-0.2, -0.15) is 19.6 Å². The van der Waals surface area contributed by atoms with E-state index < -0.39 is 23.0 Å². The second-order valence-corrected chi connectivity index (χ2v) is 7.49. The molecule has 3 heterocycles. The number of aromatic nitrogens is 4. The summed E-state index contributed by atoms with van der Waals surface area (Å²) in [5, 5.41) is 4.07. The molecule has 0 spiro atoms. The topological polar surface area (TPSA) is 46.3 Å². The Morgan fingerprint density at radius 2 is 1.92 bits per heavy atom. The molecule has 1 saturated carbocycles. The Morgan fingerprint density at radius 1 is 1.19 bits per heavy atom. The van der Waals surface area contributed by atoms with Gasteiger partial charge in [0.1, 0.15) is 34.7 Å². The maximum atomic E-state index is 14.5. The monoisotopic (exact) mass is 379 g/mol. The van der Waals surface area contributed by atoms with E-state index in [0.717, 1.165) is 12.8 Å². The first-order chi connectivity index (χ1) is 12.4. The lowest BCUT2D eigenvalue weighted by atomic mass is 10.1. The molecule has 2 aliphatic rings. The summed E-state index contributed by atoms with van der Waals surface area (Å²) in [5.74, 6) is -2.39. The van der Waals surface area contributed by atoms with Gasteiger partial charge in [0.05, 0.1) is 11.1 Å². The highest BCUT2D eigenvalue weighted by Gasteiger charge is 2.58. The Hall–Kier alpha value is -2.35. The summed E-state index contributed by atoms with van der Waals surface area (Å²) in [6.07, 6.45) is 3.25. The van der Waals surface area contributed by atoms with Crippen molar-refractivity contribution < 1.29 is 13.2 Å². The predicted molar refractivity (Wildman–Crippen MR) is 89.6 cm³/mol. The second-order valence-electron chi connectivity index (χ2n) is 7.13. The number of nitrogens with zero attached hydrogens (tertiary/aromatic N) is 5. The lowest BCUT2D eigenvalue weighted by Gasteiger charge is -2.24. The minimum atomic E-state index is -1.04. The largest absolute Gasteiger partial charge is 0.352 e. The number of benzene rings is 1. The SMILES string of the molecule is CC12CCN(c3c(-c4c(F)cc(F)cc4F)c(Cl)nc4ncnn34)C1C2. The molecule has 1 aliphatic carbocycles. The van der Waals surface area contributed by atoms with Gasteiger partial charge in [-0.3, -0.25) is 0 Å². The van der Waals surface area contributed by atoms with Gasteiger partial charge in [-0.25, -0.2) is 13.2 Å². The highest BCUT2D eigenvalue weighted by molar-refractivity contribution is 6.33. The average Bonchev–Trinajstić information content (AvgIpc) is 2.89. The summed E-state index contributed by atoms with van der Waals surface area (Å²) in [7, 11) is 0. The number of piperidine rings is 1. The van der Waals surface area contributed by atoms with Crippen molar-refractivity contribution in [3.05, 3.63) is 41.1 Å². The molecule has 9 heteroatoms. The van der Waals surface area contributed by atoms with Crippen molar-refractivity contribution in [2.75, 3.05) is 11.4 Å². The van der Waals surface area contributed by atoms with E-state index in [1.807, 2.05) is 4.90 Å². The van der Waals surface area contributed by atoms with Gasteiger partial charge >= 0.3 is 0 Å². The first-order valence-corrected chi connectivity index (χ1v) is 8.58. The Balaban J connectivity index is 1.83. The van der Waals surface area contributed by atoms with E-state index in [0.29, 0.717) is 24.5 Å². The molecule has 5 rings (SSSR count). The summed E-state index contributed by atoms with van der Waals surface area (Å²) in [6, 6.07) is 1.50. The van der Waals surface area contributed by atoms with Crippen LogP contribution < -0.4 is 4.90 Å². The van der Waals surface area contributed by atoms with Crippen LogP contribution in [-0.4, -0.2) is 32.2 Å². The number of hydrogen-bond acceptors (Lipinski definition) is 4. The summed E-state index contributed by atoms with van der Waals surface area (Å²) >= 11 is 6.31. The van der Waals surface area contributed by atoms with E-state index in [-0.39, 0.29) is 28.0 Å². The minimum absolute atomic E-state index is 0.0656. The van der Waals surface area contributed by atoms with Gasteiger partial charge in [0.25, 0.3) is 5.78 Å². The van der Waals surface area contributed by atoms with E-state index in [4.69, 9.17) is 11.6 Å². The Labute approximate surface area is 151 Å². The third-order valence-corrected chi connectivity index (χ3v) is 5.76. The average molecular weight is 380 g/mol. The number of hydrogen-bond donors (Lipinski definition) is 0. The maximum absolute atomic E-state index is 14.5. The van der Waals surface area contributed by atoms with Crippen molar-refractivity contribution in [3.63, 3.8) is 0 Å². The number of fused-ring (bicyclic) bond motifs is 2. The molecule has 3 aromatic rings. The van der Waals surface area contributed by atoms with Crippen LogP contribution in [0.2, 0.25) is 5.15 Å². The molecule has 5 nitrogen and oxygen atoms in total. The van der Waals surface area contributed by atoms with E-state index >= 15 is 0 Å². The summed E-state index contributed by atoms with van der Waals surface area (Å²) in [6.45, 7) is 2.88. The normalized spacial score (nSPS) is 24.3. The molecule has 0 radical (unpaired) electrons.